The van der Waals surface area contributed by atoms with Crippen LogP contribution in [0.15, 0.2) is 18.5 Å². The molecule has 70 valence electrons. The van der Waals surface area contributed by atoms with E-state index in [2.05, 4.69) is 10.3 Å². The number of hydrogen-bond acceptors (Lipinski definition) is 2. The van der Waals surface area contributed by atoms with Gasteiger partial charge in [-0.25, -0.2) is 0 Å². The van der Waals surface area contributed by atoms with Gasteiger partial charge in [0, 0.05) is 12.1 Å². The van der Waals surface area contributed by atoms with Crippen molar-refractivity contribution >= 4 is 11.6 Å². The van der Waals surface area contributed by atoms with Crippen LogP contribution in [-0.4, -0.2) is 10.9 Å². The number of carbonyl (C=O) groups excluding carboxylic acids is 1. The van der Waals surface area contributed by atoms with Gasteiger partial charge >= 0.3 is 0 Å². The van der Waals surface area contributed by atoms with Crippen LogP contribution in [0.5, 0.6) is 0 Å². The number of aryl methyl sites for hydroxylation is 1. The molecule has 0 aliphatic heterocycles. The summed E-state index contributed by atoms with van der Waals surface area (Å²) in [5, 5.41) is 2.81. The highest BCUT2D eigenvalue weighted by Gasteiger charge is 2.07. The lowest BCUT2D eigenvalue weighted by atomic mass is 10.2. The van der Waals surface area contributed by atoms with Crippen LogP contribution >= 0.6 is 0 Å². The minimum absolute atomic E-state index is 0.000365. The Hall–Kier alpha value is -1.38. The van der Waals surface area contributed by atoms with Crippen molar-refractivity contribution in [3.63, 3.8) is 0 Å². The molecule has 0 saturated carbocycles. The molecule has 13 heavy (non-hydrogen) atoms. The molecule has 1 aromatic heterocycles. The molecular weight excluding hydrogens is 164 g/mol. The number of nitrogens with one attached hydrogen (secondary N) is 1. The molecule has 0 bridgehead atoms. The highest BCUT2D eigenvalue weighted by atomic mass is 16.1. The van der Waals surface area contributed by atoms with Crippen LogP contribution in [0.25, 0.3) is 0 Å². The molecule has 1 amide bonds. The summed E-state index contributed by atoms with van der Waals surface area (Å²) in [6.07, 6.45) is 3.37. The molecule has 1 aromatic rings. The predicted octanol–water partition coefficient (Wildman–Crippen LogP) is 1.98. The van der Waals surface area contributed by atoms with E-state index in [0.29, 0.717) is 0 Å². The molecule has 0 radical (unpaired) electrons. The highest BCUT2D eigenvalue weighted by molar-refractivity contribution is 5.92. The molecule has 0 fully saturated rings. The second kappa shape index (κ2) is 4.03. The van der Waals surface area contributed by atoms with E-state index in [0.717, 1.165) is 11.3 Å². The van der Waals surface area contributed by atoms with Gasteiger partial charge in [-0.1, -0.05) is 13.8 Å². The molecule has 3 nitrogen and oxygen atoms in total. The zero-order valence-corrected chi connectivity index (χ0v) is 8.16. The monoisotopic (exact) mass is 178 g/mol. The first kappa shape index (κ1) is 9.71. The lowest BCUT2D eigenvalue weighted by Gasteiger charge is -2.08. The van der Waals surface area contributed by atoms with Crippen LogP contribution in [0.2, 0.25) is 0 Å². The van der Waals surface area contributed by atoms with Gasteiger partial charge in [-0.15, -0.1) is 0 Å². The Morgan fingerprint density at radius 3 is 2.77 bits per heavy atom. The van der Waals surface area contributed by atoms with Crippen molar-refractivity contribution < 1.29 is 4.79 Å². The topological polar surface area (TPSA) is 42.0 Å². The number of anilines is 1. The van der Waals surface area contributed by atoms with Crippen molar-refractivity contribution in [2.45, 2.75) is 20.8 Å². The fraction of sp³-hybridized carbons (Fsp3) is 0.400. The van der Waals surface area contributed by atoms with Crippen molar-refractivity contribution in [1.82, 2.24) is 4.98 Å². The number of hydrogen-bond donors (Lipinski definition) is 1. The van der Waals surface area contributed by atoms with E-state index in [1.165, 1.54) is 0 Å². The molecule has 0 saturated heterocycles. The van der Waals surface area contributed by atoms with E-state index in [9.17, 15) is 4.79 Å². The molecule has 1 N–H and O–H groups in total. The van der Waals surface area contributed by atoms with Crippen LogP contribution in [0.4, 0.5) is 5.69 Å². The number of carbonyl (C=O) groups is 1. The van der Waals surface area contributed by atoms with Crippen LogP contribution in [0.1, 0.15) is 19.4 Å². The van der Waals surface area contributed by atoms with Gasteiger partial charge in [-0.05, 0) is 18.6 Å². The first-order valence-corrected chi connectivity index (χ1v) is 4.32. The largest absolute Gasteiger partial charge is 0.324 e. The molecule has 0 aromatic carbocycles. The normalized spacial score (nSPS) is 10.2. The van der Waals surface area contributed by atoms with Gasteiger partial charge in [0.1, 0.15) is 0 Å². The van der Waals surface area contributed by atoms with Crippen molar-refractivity contribution in [3.05, 3.63) is 24.0 Å². The van der Waals surface area contributed by atoms with Crippen molar-refractivity contribution in [1.29, 1.82) is 0 Å². The average molecular weight is 178 g/mol. The van der Waals surface area contributed by atoms with Crippen molar-refractivity contribution in [3.8, 4) is 0 Å². The minimum atomic E-state index is -0.000365. The number of amides is 1. The lowest BCUT2D eigenvalue weighted by Crippen LogP contribution is -2.18. The quantitative estimate of drug-likeness (QED) is 0.752. The Morgan fingerprint density at radius 2 is 2.23 bits per heavy atom. The molecule has 1 heterocycles. The summed E-state index contributed by atoms with van der Waals surface area (Å²) < 4.78 is 0. The summed E-state index contributed by atoms with van der Waals surface area (Å²) in [5.41, 5.74) is 1.82. The van der Waals surface area contributed by atoms with Gasteiger partial charge in [0.05, 0.1) is 11.9 Å². The number of nitrogens with zero attached hydrogens (tertiary/aromatic N) is 1. The van der Waals surface area contributed by atoms with E-state index < -0.39 is 0 Å². The van der Waals surface area contributed by atoms with Gasteiger partial charge in [-0.3, -0.25) is 9.78 Å². The fourth-order valence-corrected chi connectivity index (χ4v) is 0.872. The van der Waals surface area contributed by atoms with Crippen molar-refractivity contribution in [2.24, 2.45) is 5.92 Å². The molecule has 1 rings (SSSR count). The van der Waals surface area contributed by atoms with Gasteiger partial charge in [0.25, 0.3) is 0 Å². The minimum Gasteiger partial charge on any atom is -0.324 e. The molecule has 3 heteroatoms. The third-order valence-corrected chi connectivity index (χ3v) is 1.82. The second-order valence-electron chi connectivity index (χ2n) is 3.33. The van der Waals surface area contributed by atoms with Crippen LogP contribution in [0, 0.1) is 12.8 Å². The third-order valence-electron chi connectivity index (χ3n) is 1.82. The van der Waals surface area contributed by atoms with E-state index in [4.69, 9.17) is 0 Å². The highest BCUT2D eigenvalue weighted by Crippen LogP contribution is 2.12. The zero-order valence-electron chi connectivity index (χ0n) is 8.16. The summed E-state index contributed by atoms with van der Waals surface area (Å²) in [6.45, 7) is 5.67. The van der Waals surface area contributed by atoms with E-state index in [1.54, 1.807) is 12.4 Å². The third kappa shape index (κ3) is 2.54. The maximum atomic E-state index is 11.3. The summed E-state index contributed by atoms with van der Waals surface area (Å²) in [6, 6.07) is 1.87. The van der Waals surface area contributed by atoms with Gasteiger partial charge in [-0.2, -0.15) is 0 Å². The number of rotatable bonds is 2. The first-order valence-electron chi connectivity index (χ1n) is 4.32. The van der Waals surface area contributed by atoms with Crippen LogP contribution in [0.3, 0.4) is 0 Å². The SMILES string of the molecule is Cc1ccncc1NC(=O)C(C)C. The zero-order chi connectivity index (χ0) is 9.84. The van der Waals surface area contributed by atoms with E-state index in [1.807, 2.05) is 26.8 Å². The first-order chi connectivity index (χ1) is 6.11. The summed E-state index contributed by atoms with van der Waals surface area (Å²) in [4.78, 5) is 15.3. The average Bonchev–Trinajstić information content (AvgIpc) is 2.08. The Bertz CT molecular complexity index is 308. The van der Waals surface area contributed by atoms with Gasteiger partial charge in [0.15, 0.2) is 0 Å². The number of aromatic nitrogens is 1. The Balaban J connectivity index is 2.75. The maximum Gasteiger partial charge on any atom is 0.226 e. The number of pyridine rings is 1. The predicted molar refractivity (Wildman–Crippen MR) is 52.4 cm³/mol. The molecular formula is C10H14N2O. The Kier molecular flexibility index (Phi) is 3.01. The van der Waals surface area contributed by atoms with E-state index >= 15 is 0 Å². The second-order valence-corrected chi connectivity index (χ2v) is 3.33. The Labute approximate surface area is 78.2 Å². The molecule has 0 atom stereocenters. The summed E-state index contributed by atoms with van der Waals surface area (Å²) in [7, 11) is 0. The Morgan fingerprint density at radius 1 is 1.54 bits per heavy atom. The summed E-state index contributed by atoms with van der Waals surface area (Å²) in [5.74, 6) is 0.0238. The standard InChI is InChI=1S/C10H14N2O/c1-7(2)10(13)12-9-6-11-5-4-8(9)3/h4-7H,1-3H3,(H,12,13). The van der Waals surface area contributed by atoms with E-state index in [-0.39, 0.29) is 11.8 Å². The smallest absolute Gasteiger partial charge is 0.226 e. The van der Waals surface area contributed by atoms with Gasteiger partial charge < -0.3 is 5.32 Å². The lowest BCUT2D eigenvalue weighted by molar-refractivity contribution is -0.118. The maximum absolute atomic E-state index is 11.3. The fourth-order valence-electron chi connectivity index (χ4n) is 0.872. The molecule has 0 aliphatic carbocycles. The van der Waals surface area contributed by atoms with Gasteiger partial charge in [0.2, 0.25) is 5.91 Å². The van der Waals surface area contributed by atoms with Crippen molar-refractivity contribution in [2.75, 3.05) is 5.32 Å². The molecule has 0 unspecified atom stereocenters. The molecule has 0 aliphatic rings. The molecule has 0 spiro atoms. The summed E-state index contributed by atoms with van der Waals surface area (Å²) >= 11 is 0. The van der Waals surface area contributed by atoms with Crippen LogP contribution < -0.4 is 5.32 Å². The van der Waals surface area contributed by atoms with Crippen LogP contribution in [-0.2, 0) is 4.79 Å².